The number of hydrogen-bond acceptors (Lipinski definition) is 1. The zero-order chi connectivity index (χ0) is 11.7. The summed E-state index contributed by atoms with van der Waals surface area (Å²) in [5.41, 5.74) is 2.13. The Bertz CT molecular complexity index is 518. The first-order chi connectivity index (χ1) is 8.37. The number of carbonyl (C=O) groups excluding carboxylic acids is 1. The highest BCUT2D eigenvalue weighted by molar-refractivity contribution is 5.77. The summed E-state index contributed by atoms with van der Waals surface area (Å²) in [6.07, 6.45) is 2.06. The Balaban J connectivity index is 1.97. The van der Waals surface area contributed by atoms with Gasteiger partial charge in [0.05, 0.1) is 5.41 Å². The monoisotopic (exact) mass is 222 g/mol. The van der Waals surface area contributed by atoms with Crippen molar-refractivity contribution in [2.75, 3.05) is 0 Å². The molecule has 3 rings (SSSR count). The predicted octanol–water partition coefficient (Wildman–Crippen LogP) is 3.31. The molecule has 0 radical (unpaired) electrons. The van der Waals surface area contributed by atoms with Gasteiger partial charge in [0.25, 0.3) is 0 Å². The summed E-state index contributed by atoms with van der Waals surface area (Å²) < 4.78 is 0. The summed E-state index contributed by atoms with van der Waals surface area (Å²) in [4.78, 5) is 11.5. The van der Waals surface area contributed by atoms with Gasteiger partial charge in [0.1, 0.15) is 6.29 Å². The molecule has 2 atom stereocenters. The minimum Gasteiger partial charge on any atom is -0.302 e. The second kappa shape index (κ2) is 3.85. The minimum atomic E-state index is -0.275. The van der Waals surface area contributed by atoms with E-state index in [1.807, 2.05) is 36.4 Å². The van der Waals surface area contributed by atoms with Crippen molar-refractivity contribution in [3.63, 3.8) is 0 Å². The van der Waals surface area contributed by atoms with E-state index < -0.39 is 0 Å². The summed E-state index contributed by atoms with van der Waals surface area (Å²) in [5, 5.41) is 0. The lowest BCUT2D eigenvalue weighted by molar-refractivity contribution is -0.110. The van der Waals surface area contributed by atoms with Crippen molar-refractivity contribution in [3.05, 3.63) is 71.8 Å². The van der Waals surface area contributed by atoms with Gasteiger partial charge in [-0.05, 0) is 17.5 Å². The zero-order valence-corrected chi connectivity index (χ0v) is 9.54. The number of aldehydes is 1. The highest BCUT2D eigenvalue weighted by atomic mass is 16.1. The molecule has 1 nitrogen and oxygen atoms in total. The van der Waals surface area contributed by atoms with Gasteiger partial charge in [-0.2, -0.15) is 0 Å². The fraction of sp³-hybridized carbons (Fsp3) is 0.188. The van der Waals surface area contributed by atoms with Crippen LogP contribution in [0.25, 0.3) is 0 Å². The SMILES string of the molecule is O=C[C@@]1(c2ccccc2)C[C@@H]1c1ccccc1. The Morgan fingerprint density at radius 1 is 0.941 bits per heavy atom. The molecule has 0 amide bonds. The summed E-state index contributed by atoms with van der Waals surface area (Å²) in [6, 6.07) is 20.4. The van der Waals surface area contributed by atoms with Gasteiger partial charge in [-0.25, -0.2) is 0 Å². The molecule has 17 heavy (non-hydrogen) atoms. The molecule has 1 fully saturated rings. The third-order valence-corrected chi connectivity index (χ3v) is 3.73. The molecule has 0 spiro atoms. The van der Waals surface area contributed by atoms with Crippen molar-refractivity contribution in [1.29, 1.82) is 0 Å². The van der Waals surface area contributed by atoms with Crippen LogP contribution in [0.15, 0.2) is 60.7 Å². The Kier molecular flexibility index (Phi) is 2.32. The number of rotatable bonds is 3. The fourth-order valence-electron chi connectivity index (χ4n) is 2.65. The van der Waals surface area contributed by atoms with Crippen molar-refractivity contribution in [1.82, 2.24) is 0 Å². The van der Waals surface area contributed by atoms with E-state index in [1.165, 1.54) is 5.56 Å². The van der Waals surface area contributed by atoms with E-state index in [4.69, 9.17) is 0 Å². The summed E-state index contributed by atoms with van der Waals surface area (Å²) in [5.74, 6) is 0.351. The van der Waals surface area contributed by atoms with Gasteiger partial charge in [-0.3, -0.25) is 0 Å². The quantitative estimate of drug-likeness (QED) is 0.728. The molecular weight excluding hydrogens is 208 g/mol. The lowest BCUT2D eigenvalue weighted by atomic mass is 9.92. The first-order valence-corrected chi connectivity index (χ1v) is 5.93. The van der Waals surface area contributed by atoms with Crippen LogP contribution in [0, 0.1) is 0 Å². The van der Waals surface area contributed by atoms with Gasteiger partial charge in [0, 0.05) is 5.92 Å². The van der Waals surface area contributed by atoms with Crippen LogP contribution in [0.2, 0.25) is 0 Å². The van der Waals surface area contributed by atoms with E-state index in [1.54, 1.807) is 0 Å². The molecule has 1 aliphatic rings. The van der Waals surface area contributed by atoms with E-state index in [9.17, 15) is 4.79 Å². The van der Waals surface area contributed by atoms with Crippen molar-refractivity contribution in [2.24, 2.45) is 0 Å². The first kappa shape index (κ1) is 10.3. The van der Waals surface area contributed by atoms with Gasteiger partial charge in [0.2, 0.25) is 0 Å². The maximum absolute atomic E-state index is 11.5. The van der Waals surface area contributed by atoms with Crippen LogP contribution in [-0.2, 0) is 10.2 Å². The molecule has 0 heterocycles. The normalized spacial score (nSPS) is 26.5. The van der Waals surface area contributed by atoms with Crippen molar-refractivity contribution >= 4 is 6.29 Å². The Morgan fingerprint density at radius 3 is 2.12 bits per heavy atom. The second-order valence-corrected chi connectivity index (χ2v) is 4.69. The standard InChI is InChI=1S/C16H14O/c17-12-16(14-9-5-2-6-10-14)11-15(16)13-7-3-1-4-8-13/h1-10,12,15H,11H2/t15-,16-/m1/s1. The molecule has 2 aromatic carbocycles. The van der Waals surface area contributed by atoms with E-state index in [2.05, 4.69) is 24.3 Å². The van der Waals surface area contributed by atoms with Crippen molar-refractivity contribution in [2.45, 2.75) is 17.8 Å². The zero-order valence-electron chi connectivity index (χ0n) is 9.54. The second-order valence-electron chi connectivity index (χ2n) is 4.69. The Hall–Kier alpha value is -1.89. The number of carbonyl (C=O) groups is 1. The smallest absolute Gasteiger partial charge is 0.131 e. The maximum Gasteiger partial charge on any atom is 0.131 e. The summed E-state index contributed by atoms with van der Waals surface area (Å²) in [7, 11) is 0. The maximum atomic E-state index is 11.5. The van der Waals surface area contributed by atoms with Gasteiger partial charge in [-0.1, -0.05) is 60.7 Å². The van der Waals surface area contributed by atoms with Crippen LogP contribution in [0.3, 0.4) is 0 Å². The third-order valence-electron chi connectivity index (χ3n) is 3.73. The van der Waals surface area contributed by atoms with Crippen LogP contribution in [0.4, 0.5) is 0 Å². The van der Waals surface area contributed by atoms with E-state index in [-0.39, 0.29) is 5.41 Å². The van der Waals surface area contributed by atoms with Crippen LogP contribution >= 0.6 is 0 Å². The van der Waals surface area contributed by atoms with E-state index >= 15 is 0 Å². The molecule has 0 unspecified atom stereocenters. The predicted molar refractivity (Wildman–Crippen MR) is 68.0 cm³/mol. The Morgan fingerprint density at radius 2 is 1.53 bits per heavy atom. The minimum absolute atomic E-state index is 0.275. The summed E-state index contributed by atoms with van der Waals surface area (Å²) >= 11 is 0. The highest BCUT2D eigenvalue weighted by Crippen LogP contribution is 2.58. The molecule has 0 aliphatic heterocycles. The van der Waals surface area contributed by atoms with Crippen LogP contribution in [0.5, 0.6) is 0 Å². The molecule has 84 valence electrons. The fourth-order valence-corrected chi connectivity index (χ4v) is 2.65. The molecule has 1 saturated carbocycles. The molecule has 0 N–H and O–H groups in total. The van der Waals surface area contributed by atoms with Crippen LogP contribution < -0.4 is 0 Å². The number of hydrogen-bond donors (Lipinski definition) is 0. The molecule has 1 aliphatic carbocycles. The molecule has 0 aromatic heterocycles. The lowest BCUT2D eigenvalue weighted by Gasteiger charge is -2.10. The van der Waals surface area contributed by atoms with Crippen LogP contribution in [0.1, 0.15) is 23.5 Å². The highest BCUT2D eigenvalue weighted by Gasteiger charge is 2.55. The third kappa shape index (κ3) is 1.59. The molecular formula is C16H14O. The first-order valence-electron chi connectivity index (χ1n) is 5.93. The van der Waals surface area contributed by atoms with Gasteiger partial charge < -0.3 is 4.79 Å². The number of benzene rings is 2. The van der Waals surface area contributed by atoms with E-state index in [0.717, 1.165) is 18.3 Å². The topological polar surface area (TPSA) is 17.1 Å². The van der Waals surface area contributed by atoms with E-state index in [0.29, 0.717) is 5.92 Å². The molecule has 2 aromatic rings. The van der Waals surface area contributed by atoms with Gasteiger partial charge in [-0.15, -0.1) is 0 Å². The van der Waals surface area contributed by atoms with Gasteiger partial charge >= 0.3 is 0 Å². The van der Waals surface area contributed by atoms with Crippen LogP contribution in [-0.4, -0.2) is 6.29 Å². The van der Waals surface area contributed by atoms with Crippen molar-refractivity contribution < 1.29 is 4.79 Å². The molecule has 0 bridgehead atoms. The van der Waals surface area contributed by atoms with Gasteiger partial charge in [0.15, 0.2) is 0 Å². The largest absolute Gasteiger partial charge is 0.302 e. The average Bonchev–Trinajstić information content (AvgIpc) is 3.17. The van der Waals surface area contributed by atoms with Crippen molar-refractivity contribution in [3.8, 4) is 0 Å². The Labute approximate surface area is 101 Å². The lowest BCUT2D eigenvalue weighted by Crippen LogP contribution is -2.10. The molecule has 1 heteroatoms. The summed E-state index contributed by atoms with van der Waals surface area (Å²) in [6.45, 7) is 0. The average molecular weight is 222 g/mol. The molecule has 0 saturated heterocycles.